The van der Waals surface area contributed by atoms with Gasteiger partial charge in [0.1, 0.15) is 6.04 Å². The van der Waals surface area contributed by atoms with Gasteiger partial charge < -0.3 is 15.5 Å². The van der Waals surface area contributed by atoms with Crippen LogP contribution in [0.1, 0.15) is 43.6 Å². The van der Waals surface area contributed by atoms with E-state index in [0.29, 0.717) is 18.8 Å². The number of amides is 2. The predicted molar refractivity (Wildman–Crippen MR) is 103 cm³/mol. The van der Waals surface area contributed by atoms with Gasteiger partial charge in [-0.2, -0.15) is 0 Å². The summed E-state index contributed by atoms with van der Waals surface area (Å²) in [6.45, 7) is 4.61. The summed E-state index contributed by atoms with van der Waals surface area (Å²) in [7, 11) is 2.00. The minimum atomic E-state index is -0.320. The number of rotatable bonds is 7. The molecule has 2 amide bonds. The van der Waals surface area contributed by atoms with Gasteiger partial charge in [-0.25, -0.2) is 0 Å². The minimum absolute atomic E-state index is 0.180. The number of piperidine rings is 2. The molecule has 2 heterocycles. The largest absolute Gasteiger partial charge is 0.374 e. The lowest BCUT2D eigenvalue weighted by Gasteiger charge is -2.32. The van der Waals surface area contributed by atoms with Crippen LogP contribution in [0.25, 0.3) is 0 Å². The molecule has 1 aromatic rings. The van der Waals surface area contributed by atoms with Crippen molar-refractivity contribution in [3.63, 3.8) is 0 Å². The second kappa shape index (κ2) is 9.14. The zero-order chi connectivity index (χ0) is 18.4. The summed E-state index contributed by atoms with van der Waals surface area (Å²) in [5.41, 5.74) is 2.32. The predicted octanol–water partition coefficient (Wildman–Crippen LogP) is 1.69. The Bertz CT molecular complexity index is 609. The van der Waals surface area contributed by atoms with Crippen molar-refractivity contribution in [1.82, 2.24) is 15.5 Å². The Labute approximate surface area is 155 Å². The molecule has 2 saturated heterocycles. The molecule has 2 aliphatic heterocycles. The number of imide groups is 1. The van der Waals surface area contributed by atoms with Gasteiger partial charge in [-0.1, -0.05) is 12.1 Å². The highest BCUT2D eigenvalue weighted by Crippen LogP contribution is 2.29. The van der Waals surface area contributed by atoms with Crippen molar-refractivity contribution in [2.45, 2.75) is 44.1 Å². The molecule has 3 N–H and O–H groups in total. The lowest BCUT2D eigenvalue weighted by Crippen LogP contribution is -2.47. The Hall–Kier alpha value is -1.92. The van der Waals surface area contributed by atoms with Crippen LogP contribution in [0.3, 0.4) is 0 Å². The molecular weight excluding hydrogens is 328 g/mol. The Morgan fingerprint density at radius 3 is 2.50 bits per heavy atom. The number of nitrogens with zero attached hydrogens (tertiary/aromatic N) is 1. The molecule has 2 fully saturated rings. The highest BCUT2D eigenvalue weighted by atomic mass is 16.2. The van der Waals surface area contributed by atoms with E-state index >= 15 is 0 Å². The van der Waals surface area contributed by atoms with E-state index in [-0.39, 0.29) is 17.9 Å². The summed E-state index contributed by atoms with van der Waals surface area (Å²) in [6.07, 6.45) is 4.58. The number of benzene rings is 1. The average Bonchev–Trinajstić information content (AvgIpc) is 2.65. The molecule has 0 spiro atoms. The van der Waals surface area contributed by atoms with Crippen molar-refractivity contribution in [2.24, 2.45) is 0 Å². The molecule has 0 bridgehead atoms. The Kier molecular flexibility index (Phi) is 6.63. The van der Waals surface area contributed by atoms with Gasteiger partial charge in [-0.15, -0.1) is 0 Å². The quantitative estimate of drug-likeness (QED) is 0.511. The Morgan fingerprint density at radius 1 is 1.12 bits per heavy atom. The minimum Gasteiger partial charge on any atom is -0.374 e. The number of carbonyl (C=O) groups excluding carboxylic acids is 2. The fourth-order valence-corrected chi connectivity index (χ4v) is 3.85. The van der Waals surface area contributed by atoms with Crippen molar-refractivity contribution in [3.05, 3.63) is 29.8 Å². The third-order valence-electron chi connectivity index (χ3n) is 5.45. The highest BCUT2D eigenvalue weighted by molar-refractivity contribution is 6.01. The van der Waals surface area contributed by atoms with Crippen molar-refractivity contribution < 1.29 is 9.59 Å². The van der Waals surface area contributed by atoms with Crippen molar-refractivity contribution in [1.29, 1.82) is 0 Å². The first-order valence-corrected chi connectivity index (χ1v) is 9.73. The second-order valence-electron chi connectivity index (χ2n) is 7.34. The lowest BCUT2D eigenvalue weighted by molar-refractivity contribution is -0.133. The number of carbonyl (C=O) groups is 2. The first kappa shape index (κ1) is 18.9. The first-order chi connectivity index (χ1) is 12.7. The van der Waals surface area contributed by atoms with Gasteiger partial charge in [-0.3, -0.25) is 14.9 Å². The molecule has 0 aliphatic carbocycles. The van der Waals surface area contributed by atoms with Crippen molar-refractivity contribution >= 4 is 17.5 Å². The van der Waals surface area contributed by atoms with E-state index in [1.807, 2.05) is 7.05 Å². The van der Waals surface area contributed by atoms with Crippen LogP contribution >= 0.6 is 0 Å². The average molecular weight is 358 g/mol. The van der Waals surface area contributed by atoms with Gasteiger partial charge in [-0.05, 0) is 82.5 Å². The van der Waals surface area contributed by atoms with Gasteiger partial charge in [0.25, 0.3) is 0 Å². The van der Waals surface area contributed by atoms with E-state index < -0.39 is 0 Å². The molecule has 6 nitrogen and oxygen atoms in total. The van der Waals surface area contributed by atoms with Crippen molar-refractivity contribution in [3.8, 4) is 0 Å². The summed E-state index contributed by atoms with van der Waals surface area (Å²) < 4.78 is 0. The van der Waals surface area contributed by atoms with Gasteiger partial charge in [0.15, 0.2) is 0 Å². The Balaban J connectivity index is 1.47. The molecule has 1 atom stereocenters. The fraction of sp³-hybridized carbons (Fsp3) is 0.600. The summed E-state index contributed by atoms with van der Waals surface area (Å²) in [6, 6.07) is 8.14. The van der Waals surface area contributed by atoms with E-state index in [1.54, 1.807) is 0 Å². The number of hydrogen-bond acceptors (Lipinski definition) is 5. The SMILES string of the molecule is CNCCCN1CCC(c2ccc(NC3CCC(=O)NC3=O)cc2)CC1. The molecule has 142 valence electrons. The molecular formula is C20H30N4O2. The third-order valence-corrected chi connectivity index (χ3v) is 5.45. The standard InChI is InChI=1S/C20H30N4O2/c1-21-11-2-12-24-13-9-16(10-14-24)15-3-5-17(6-4-15)22-18-7-8-19(25)23-20(18)26/h3-6,16,18,21-22H,2,7-14H2,1H3,(H,23,25,26). The Morgan fingerprint density at radius 2 is 1.85 bits per heavy atom. The molecule has 1 aromatic carbocycles. The molecule has 6 heteroatoms. The van der Waals surface area contributed by atoms with E-state index in [0.717, 1.165) is 12.2 Å². The van der Waals surface area contributed by atoms with Gasteiger partial charge in [0.2, 0.25) is 11.8 Å². The van der Waals surface area contributed by atoms with E-state index in [2.05, 4.69) is 45.1 Å². The van der Waals surface area contributed by atoms with Crippen LogP contribution in [0.5, 0.6) is 0 Å². The van der Waals surface area contributed by atoms with Crippen LogP contribution < -0.4 is 16.0 Å². The van der Waals surface area contributed by atoms with Crippen LogP contribution in [0, 0.1) is 0 Å². The van der Waals surface area contributed by atoms with Crippen LogP contribution in [0.4, 0.5) is 5.69 Å². The first-order valence-electron chi connectivity index (χ1n) is 9.73. The van der Waals surface area contributed by atoms with Gasteiger partial charge >= 0.3 is 0 Å². The molecule has 2 aliphatic rings. The monoisotopic (exact) mass is 358 g/mol. The summed E-state index contributed by atoms with van der Waals surface area (Å²) in [4.78, 5) is 25.6. The second-order valence-corrected chi connectivity index (χ2v) is 7.34. The number of likely N-dealkylation sites (tertiary alicyclic amines) is 1. The summed E-state index contributed by atoms with van der Waals surface area (Å²) in [5.74, 6) is 0.219. The zero-order valence-electron chi connectivity index (χ0n) is 15.6. The van der Waals surface area contributed by atoms with Crippen LogP contribution in [0.2, 0.25) is 0 Å². The summed E-state index contributed by atoms with van der Waals surface area (Å²) in [5, 5.41) is 8.83. The molecule has 3 rings (SSSR count). The van der Waals surface area contributed by atoms with Gasteiger partial charge in [0, 0.05) is 12.1 Å². The van der Waals surface area contributed by atoms with Crippen molar-refractivity contribution in [2.75, 3.05) is 38.5 Å². The molecule has 26 heavy (non-hydrogen) atoms. The topological polar surface area (TPSA) is 73.5 Å². The van der Waals surface area contributed by atoms with E-state index in [1.165, 1.54) is 44.5 Å². The van der Waals surface area contributed by atoms with Crippen LogP contribution in [0.15, 0.2) is 24.3 Å². The number of hydrogen-bond donors (Lipinski definition) is 3. The zero-order valence-corrected chi connectivity index (χ0v) is 15.6. The normalized spacial score (nSPS) is 22.3. The van der Waals surface area contributed by atoms with Gasteiger partial charge in [0.05, 0.1) is 0 Å². The maximum absolute atomic E-state index is 11.8. The lowest BCUT2D eigenvalue weighted by atomic mass is 9.89. The number of anilines is 1. The fourth-order valence-electron chi connectivity index (χ4n) is 3.85. The summed E-state index contributed by atoms with van der Waals surface area (Å²) >= 11 is 0. The van der Waals surface area contributed by atoms with E-state index in [4.69, 9.17) is 0 Å². The van der Waals surface area contributed by atoms with Crippen LogP contribution in [-0.4, -0.2) is 56.0 Å². The highest BCUT2D eigenvalue weighted by Gasteiger charge is 2.26. The maximum atomic E-state index is 11.8. The smallest absolute Gasteiger partial charge is 0.249 e. The molecule has 0 saturated carbocycles. The van der Waals surface area contributed by atoms with E-state index in [9.17, 15) is 9.59 Å². The third kappa shape index (κ3) is 5.05. The molecule has 1 unspecified atom stereocenters. The van der Waals surface area contributed by atoms with Crippen LogP contribution in [-0.2, 0) is 9.59 Å². The molecule has 0 aromatic heterocycles. The molecule has 0 radical (unpaired) electrons. The number of nitrogens with one attached hydrogen (secondary N) is 3. The maximum Gasteiger partial charge on any atom is 0.249 e.